The van der Waals surface area contributed by atoms with E-state index in [1.54, 1.807) is 26.2 Å². The Morgan fingerprint density at radius 2 is 1.62 bits per heavy atom. The van der Waals surface area contributed by atoms with Crippen LogP contribution in [0, 0.1) is 0 Å². The maximum atomic E-state index is 12.0. The number of sulfonamides is 1. The Morgan fingerprint density at radius 3 is 2.10 bits per heavy atom. The Bertz CT molecular complexity index is 559. The summed E-state index contributed by atoms with van der Waals surface area (Å²) in [6.07, 6.45) is 3.63. The summed E-state index contributed by atoms with van der Waals surface area (Å²) in [5, 5.41) is 2.26. The van der Waals surface area contributed by atoms with E-state index in [9.17, 15) is 8.42 Å². The molecule has 118 valence electrons. The van der Waals surface area contributed by atoms with Crippen LogP contribution in [0.25, 0.3) is 0 Å². The molecular formula is C15H25N3O2S. The average Bonchev–Trinajstić information content (AvgIpc) is 2.43. The molecule has 0 bridgehead atoms. The van der Waals surface area contributed by atoms with E-state index in [0.29, 0.717) is 17.0 Å². The first-order valence-electron chi connectivity index (χ1n) is 7.40. The lowest BCUT2D eigenvalue weighted by atomic mass is 10.00. The highest BCUT2D eigenvalue weighted by Crippen LogP contribution is 2.24. The van der Waals surface area contributed by atoms with Crippen LogP contribution in [-0.4, -0.2) is 43.9 Å². The maximum Gasteiger partial charge on any atom is 0.242 e. The standard InChI is InChI=1S/C15H25N3O2S/c1-12-6-5-7-13(2)18(12)16-14-8-10-15(11-9-14)21(19,20)17(3)4/h8-13,16H,5-7H2,1-4H3. The van der Waals surface area contributed by atoms with Gasteiger partial charge < -0.3 is 5.43 Å². The van der Waals surface area contributed by atoms with Crippen LogP contribution in [0.15, 0.2) is 29.2 Å². The number of hydrogen-bond acceptors (Lipinski definition) is 4. The second-order valence-electron chi connectivity index (χ2n) is 5.96. The summed E-state index contributed by atoms with van der Waals surface area (Å²) in [6, 6.07) is 7.92. The fourth-order valence-electron chi connectivity index (χ4n) is 2.70. The zero-order valence-electron chi connectivity index (χ0n) is 13.2. The van der Waals surface area contributed by atoms with Gasteiger partial charge in [0.2, 0.25) is 10.0 Å². The minimum Gasteiger partial charge on any atom is -0.318 e. The molecule has 21 heavy (non-hydrogen) atoms. The van der Waals surface area contributed by atoms with Crippen LogP contribution in [0.1, 0.15) is 33.1 Å². The van der Waals surface area contributed by atoms with E-state index in [-0.39, 0.29) is 0 Å². The summed E-state index contributed by atoms with van der Waals surface area (Å²) >= 11 is 0. The van der Waals surface area contributed by atoms with Gasteiger partial charge in [0, 0.05) is 31.9 Å². The van der Waals surface area contributed by atoms with Crippen molar-refractivity contribution in [2.75, 3.05) is 19.5 Å². The molecule has 0 spiro atoms. The maximum absolute atomic E-state index is 12.0. The van der Waals surface area contributed by atoms with Gasteiger partial charge in [-0.15, -0.1) is 0 Å². The van der Waals surface area contributed by atoms with Gasteiger partial charge in [-0.05, 0) is 51.0 Å². The van der Waals surface area contributed by atoms with E-state index < -0.39 is 10.0 Å². The topological polar surface area (TPSA) is 52.7 Å². The largest absolute Gasteiger partial charge is 0.318 e. The number of anilines is 1. The fourth-order valence-corrected chi connectivity index (χ4v) is 3.60. The lowest BCUT2D eigenvalue weighted by Gasteiger charge is -2.39. The summed E-state index contributed by atoms with van der Waals surface area (Å²) in [7, 11) is -0.276. The van der Waals surface area contributed by atoms with Crippen LogP contribution in [-0.2, 0) is 10.0 Å². The Kier molecular flexibility index (Phi) is 4.91. The van der Waals surface area contributed by atoms with E-state index in [0.717, 1.165) is 5.69 Å². The van der Waals surface area contributed by atoms with Crippen molar-refractivity contribution in [1.29, 1.82) is 0 Å². The van der Waals surface area contributed by atoms with Crippen molar-refractivity contribution in [2.45, 2.75) is 50.1 Å². The van der Waals surface area contributed by atoms with Crippen molar-refractivity contribution >= 4 is 15.7 Å². The van der Waals surface area contributed by atoms with Gasteiger partial charge in [-0.2, -0.15) is 0 Å². The predicted molar refractivity (Wildman–Crippen MR) is 85.6 cm³/mol. The highest BCUT2D eigenvalue weighted by Gasteiger charge is 2.24. The van der Waals surface area contributed by atoms with Gasteiger partial charge in [-0.3, -0.25) is 0 Å². The summed E-state index contributed by atoms with van der Waals surface area (Å²) in [5.41, 5.74) is 4.34. The number of hydrogen-bond donors (Lipinski definition) is 1. The molecule has 1 aliphatic rings. The molecule has 1 aromatic rings. The third-order valence-corrected chi connectivity index (χ3v) is 5.91. The molecule has 0 amide bonds. The van der Waals surface area contributed by atoms with Crippen LogP contribution < -0.4 is 5.43 Å². The molecule has 2 unspecified atom stereocenters. The second-order valence-corrected chi connectivity index (χ2v) is 8.11. The predicted octanol–water partition coefficient (Wildman–Crippen LogP) is 2.53. The normalized spacial score (nSPS) is 24.2. The molecule has 6 heteroatoms. The zero-order chi connectivity index (χ0) is 15.6. The van der Waals surface area contributed by atoms with Crippen LogP contribution in [0.4, 0.5) is 5.69 Å². The molecule has 1 saturated heterocycles. The zero-order valence-corrected chi connectivity index (χ0v) is 14.0. The van der Waals surface area contributed by atoms with Crippen LogP contribution in [0.5, 0.6) is 0 Å². The third-order valence-electron chi connectivity index (χ3n) is 4.08. The average molecular weight is 311 g/mol. The number of nitrogens with zero attached hydrogens (tertiary/aromatic N) is 2. The van der Waals surface area contributed by atoms with Crippen molar-refractivity contribution < 1.29 is 8.42 Å². The van der Waals surface area contributed by atoms with Gasteiger partial charge in [0.15, 0.2) is 0 Å². The first-order chi connectivity index (χ1) is 9.82. The summed E-state index contributed by atoms with van der Waals surface area (Å²) in [6.45, 7) is 4.43. The Labute approximate surface area is 128 Å². The smallest absolute Gasteiger partial charge is 0.242 e. The molecule has 1 heterocycles. The lowest BCUT2D eigenvalue weighted by Crippen LogP contribution is -2.47. The minimum absolute atomic E-state index is 0.317. The molecule has 2 rings (SSSR count). The van der Waals surface area contributed by atoms with Gasteiger partial charge >= 0.3 is 0 Å². The molecule has 0 saturated carbocycles. The van der Waals surface area contributed by atoms with Gasteiger partial charge in [0.1, 0.15) is 0 Å². The number of benzene rings is 1. The lowest BCUT2D eigenvalue weighted by molar-refractivity contribution is 0.136. The highest BCUT2D eigenvalue weighted by atomic mass is 32.2. The molecule has 1 aliphatic heterocycles. The van der Waals surface area contributed by atoms with Crippen molar-refractivity contribution in [3.05, 3.63) is 24.3 Å². The minimum atomic E-state index is -3.36. The quantitative estimate of drug-likeness (QED) is 0.928. The molecule has 0 aromatic heterocycles. The van der Waals surface area contributed by atoms with E-state index in [1.807, 2.05) is 12.1 Å². The second kappa shape index (κ2) is 6.34. The SMILES string of the molecule is CC1CCCC(C)N1Nc1ccc(S(=O)(=O)N(C)C)cc1. The van der Waals surface area contributed by atoms with Crippen molar-refractivity contribution in [3.8, 4) is 0 Å². The molecule has 1 N–H and O–H groups in total. The van der Waals surface area contributed by atoms with Crippen molar-refractivity contribution in [1.82, 2.24) is 9.31 Å². The van der Waals surface area contributed by atoms with E-state index >= 15 is 0 Å². The Hall–Kier alpha value is -1.11. The van der Waals surface area contributed by atoms with Gasteiger partial charge in [-0.25, -0.2) is 17.7 Å². The van der Waals surface area contributed by atoms with Crippen LogP contribution in [0.3, 0.4) is 0 Å². The highest BCUT2D eigenvalue weighted by molar-refractivity contribution is 7.89. The number of rotatable bonds is 4. The fraction of sp³-hybridized carbons (Fsp3) is 0.600. The van der Waals surface area contributed by atoms with Crippen LogP contribution in [0.2, 0.25) is 0 Å². The molecule has 0 aliphatic carbocycles. The molecular weight excluding hydrogens is 286 g/mol. The summed E-state index contributed by atoms with van der Waals surface area (Å²) in [4.78, 5) is 0.317. The molecule has 5 nitrogen and oxygen atoms in total. The van der Waals surface area contributed by atoms with E-state index in [1.165, 1.54) is 23.6 Å². The Balaban J connectivity index is 2.13. The van der Waals surface area contributed by atoms with Gasteiger partial charge in [0.05, 0.1) is 4.90 Å². The molecule has 2 atom stereocenters. The van der Waals surface area contributed by atoms with Gasteiger partial charge in [0.25, 0.3) is 0 Å². The molecule has 1 fully saturated rings. The summed E-state index contributed by atoms with van der Waals surface area (Å²) in [5.74, 6) is 0. The molecule has 0 radical (unpaired) electrons. The van der Waals surface area contributed by atoms with Crippen molar-refractivity contribution in [2.24, 2.45) is 0 Å². The number of piperidine rings is 1. The van der Waals surface area contributed by atoms with E-state index in [4.69, 9.17) is 0 Å². The van der Waals surface area contributed by atoms with Crippen LogP contribution >= 0.6 is 0 Å². The van der Waals surface area contributed by atoms with E-state index in [2.05, 4.69) is 24.3 Å². The summed E-state index contributed by atoms with van der Waals surface area (Å²) < 4.78 is 25.3. The number of nitrogens with one attached hydrogen (secondary N) is 1. The third kappa shape index (κ3) is 3.56. The molecule has 1 aromatic carbocycles. The Morgan fingerprint density at radius 1 is 1.10 bits per heavy atom. The van der Waals surface area contributed by atoms with Gasteiger partial charge in [-0.1, -0.05) is 6.42 Å². The van der Waals surface area contributed by atoms with Crippen molar-refractivity contribution in [3.63, 3.8) is 0 Å². The first kappa shape index (κ1) is 16.3. The number of hydrazine groups is 1. The first-order valence-corrected chi connectivity index (χ1v) is 8.84. The monoisotopic (exact) mass is 311 g/mol.